The second-order valence-electron chi connectivity index (χ2n) is 6.50. The highest BCUT2D eigenvalue weighted by Gasteiger charge is 2.21. The van der Waals surface area contributed by atoms with Crippen LogP contribution in [-0.2, 0) is 16.0 Å². The van der Waals surface area contributed by atoms with Crippen molar-refractivity contribution in [1.82, 2.24) is 0 Å². The number of rotatable bonds is 5. The molecule has 0 radical (unpaired) electrons. The number of hydrogen-bond donors (Lipinski definition) is 1. The molecule has 3 rings (SSSR count). The summed E-state index contributed by atoms with van der Waals surface area (Å²) >= 11 is 0. The van der Waals surface area contributed by atoms with E-state index in [1.807, 2.05) is 61.2 Å². The van der Waals surface area contributed by atoms with E-state index < -0.39 is 0 Å². The Balaban J connectivity index is 1.63. The van der Waals surface area contributed by atoms with E-state index in [-0.39, 0.29) is 18.4 Å². The van der Waals surface area contributed by atoms with Crippen LogP contribution in [-0.4, -0.2) is 25.0 Å². The van der Waals surface area contributed by atoms with Crippen LogP contribution in [0.4, 0.5) is 11.4 Å². The van der Waals surface area contributed by atoms with Crippen LogP contribution >= 0.6 is 0 Å². The summed E-state index contributed by atoms with van der Waals surface area (Å²) in [4.78, 5) is 26.1. The number of fused-ring (bicyclic) bond motifs is 1. The van der Waals surface area contributed by atoms with Crippen molar-refractivity contribution in [2.45, 2.75) is 33.1 Å². The van der Waals surface area contributed by atoms with Gasteiger partial charge in [0.15, 0.2) is 6.61 Å². The molecule has 1 aliphatic heterocycles. The maximum atomic E-state index is 12.2. The standard InChI is InChI=1S/C21H24N2O3/c1-3-21(25)23-11-5-7-16-13-17(9-10-19(16)23)22-20(24)14-26-18-8-4-6-15(2)12-18/h4,6,8-10,12-13H,3,5,7,11,14H2,1-2H3,(H,22,24). The van der Waals surface area contributed by atoms with Gasteiger partial charge in [-0.3, -0.25) is 9.59 Å². The number of carbonyl (C=O) groups is 2. The van der Waals surface area contributed by atoms with Crippen LogP contribution in [0.2, 0.25) is 0 Å². The van der Waals surface area contributed by atoms with Crippen molar-refractivity contribution in [3.8, 4) is 5.75 Å². The minimum absolute atomic E-state index is 0.0407. The molecule has 0 aliphatic carbocycles. The van der Waals surface area contributed by atoms with Gasteiger partial charge in [0.2, 0.25) is 5.91 Å². The number of anilines is 2. The molecule has 0 saturated heterocycles. The van der Waals surface area contributed by atoms with Crippen molar-refractivity contribution in [3.63, 3.8) is 0 Å². The monoisotopic (exact) mass is 352 g/mol. The highest BCUT2D eigenvalue weighted by molar-refractivity contribution is 5.96. The van der Waals surface area contributed by atoms with Crippen molar-refractivity contribution in [1.29, 1.82) is 0 Å². The van der Waals surface area contributed by atoms with Gasteiger partial charge in [-0.05, 0) is 61.2 Å². The van der Waals surface area contributed by atoms with Crippen molar-refractivity contribution >= 4 is 23.2 Å². The molecule has 0 atom stereocenters. The van der Waals surface area contributed by atoms with Crippen LogP contribution in [0, 0.1) is 6.92 Å². The zero-order valence-corrected chi connectivity index (χ0v) is 15.2. The number of carbonyl (C=O) groups excluding carboxylic acids is 2. The first-order valence-corrected chi connectivity index (χ1v) is 8.99. The van der Waals surface area contributed by atoms with Gasteiger partial charge in [0.1, 0.15) is 5.75 Å². The van der Waals surface area contributed by atoms with E-state index in [9.17, 15) is 9.59 Å². The SMILES string of the molecule is CCC(=O)N1CCCc2cc(NC(=O)COc3cccc(C)c3)ccc21. The Morgan fingerprint density at radius 3 is 2.81 bits per heavy atom. The van der Waals surface area contributed by atoms with Crippen LogP contribution in [0.3, 0.4) is 0 Å². The molecule has 0 saturated carbocycles. The Morgan fingerprint density at radius 2 is 2.04 bits per heavy atom. The lowest BCUT2D eigenvalue weighted by Gasteiger charge is -2.29. The molecule has 0 bridgehead atoms. The summed E-state index contributed by atoms with van der Waals surface area (Å²) in [5, 5.41) is 2.87. The predicted octanol–water partition coefficient (Wildman–Crippen LogP) is 3.70. The molecule has 2 aromatic carbocycles. The summed E-state index contributed by atoms with van der Waals surface area (Å²) in [5.41, 5.74) is 3.86. The molecule has 136 valence electrons. The topological polar surface area (TPSA) is 58.6 Å². The predicted molar refractivity (Wildman–Crippen MR) is 103 cm³/mol. The summed E-state index contributed by atoms with van der Waals surface area (Å²) in [5.74, 6) is 0.609. The number of nitrogens with one attached hydrogen (secondary N) is 1. The maximum Gasteiger partial charge on any atom is 0.262 e. The minimum Gasteiger partial charge on any atom is -0.484 e. The number of hydrogen-bond acceptors (Lipinski definition) is 3. The molecule has 1 heterocycles. The molecule has 5 nitrogen and oxygen atoms in total. The molecule has 26 heavy (non-hydrogen) atoms. The van der Waals surface area contributed by atoms with Gasteiger partial charge in [0.05, 0.1) is 0 Å². The largest absolute Gasteiger partial charge is 0.484 e. The van der Waals surface area contributed by atoms with E-state index in [0.29, 0.717) is 12.2 Å². The molecule has 0 fully saturated rings. The lowest BCUT2D eigenvalue weighted by atomic mass is 10.0. The normalized spacial score (nSPS) is 13.1. The summed E-state index contributed by atoms with van der Waals surface area (Å²) < 4.78 is 5.53. The number of benzene rings is 2. The molecular weight excluding hydrogens is 328 g/mol. The second-order valence-corrected chi connectivity index (χ2v) is 6.50. The Hall–Kier alpha value is -2.82. The Kier molecular flexibility index (Phi) is 5.56. The zero-order valence-electron chi connectivity index (χ0n) is 15.2. The van der Waals surface area contributed by atoms with Crippen LogP contribution in [0.25, 0.3) is 0 Å². The zero-order chi connectivity index (χ0) is 18.5. The molecule has 2 amide bonds. The Morgan fingerprint density at radius 1 is 1.19 bits per heavy atom. The van der Waals surface area contributed by atoms with Gasteiger partial charge in [0.25, 0.3) is 5.91 Å². The third-order valence-corrected chi connectivity index (χ3v) is 4.44. The maximum absolute atomic E-state index is 12.2. The fourth-order valence-corrected chi connectivity index (χ4v) is 3.18. The van der Waals surface area contributed by atoms with Gasteiger partial charge in [-0.25, -0.2) is 0 Å². The van der Waals surface area contributed by atoms with Gasteiger partial charge in [-0.2, -0.15) is 0 Å². The van der Waals surface area contributed by atoms with E-state index >= 15 is 0 Å². The first-order chi connectivity index (χ1) is 12.6. The fraction of sp³-hybridized carbons (Fsp3) is 0.333. The Bertz CT molecular complexity index is 817. The summed E-state index contributed by atoms with van der Waals surface area (Å²) in [6.07, 6.45) is 2.34. The van der Waals surface area contributed by atoms with E-state index in [4.69, 9.17) is 4.74 Å². The van der Waals surface area contributed by atoms with Gasteiger partial charge in [0, 0.05) is 24.3 Å². The van der Waals surface area contributed by atoms with Crippen LogP contribution in [0.15, 0.2) is 42.5 Å². The van der Waals surface area contributed by atoms with Gasteiger partial charge in [-0.1, -0.05) is 19.1 Å². The van der Waals surface area contributed by atoms with Crippen molar-refractivity contribution in [2.75, 3.05) is 23.4 Å². The number of aryl methyl sites for hydroxylation is 2. The van der Waals surface area contributed by atoms with Gasteiger partial charge >= 0.3 is 0 Å². The quantitative estimate of drug-likeness (QED) is 0.892. The molecule has 0 aromatic heterocycles. The van der Waals surface area contributed by atoms with E-state index in [2.05, 4.69) is 5.32 Å². The summed E-state index contributed by atoms with van der Waals surface area (Å²) in [6, 6.07) is 13.3. The average Bonchev–Trinajstić information content (AvgIpc) is 2.65. The smallest absolute Gasteiger partial charge is 0.262 e. The minimum atomic E-state index is -0.205. The third-order valence-electron chi connectivity index (χ3n) is 4.44. The van der Waals surface area contributed by atoms with Crippen LogP contribution in [0.1, 0.15) is 30.9 Å². The highest BCUT2D eigenvalue weighted by Crippen LogP contribution is 2.30. The van der Waals surface area contributed by atoms with Gasteiger partial charge in [-0.15, -0.1) is 0 Å². The van der Waals surface area contributed by atoms with Crippen molar-refractivity contribution in [2.24, 2.45) is 0 Å². The van der Waals surface area contributed by atoms with Crippen molar-refractivity contribution in [3.05, 3.63) is 53.6 Å². The van der Waals surface area contributed by atoms with E-state index in [0.717, 1.165) is 41.9 Å². The average molecular weight is 352 g/mol. The molecule has 5 heteroatoms. The molecular formula is C21H24N2O3. The molecule has 2 aromatic rings. The number of nitrogens with zero attached hydrogens (tertiary/aromatic N) is 1. The highest BCUT2D eigenvalue weighted by atomic mass is 16.5. The lowest BCUT2D eigenvalue weighted by molar-refractivity contribution is -0.119. The molecule has 0 unspecified atom stereocenters. The Labute approximate surface area is 154 Å². The fourth-order valence-electron chi connectivity index (χ4n) is 3.18. The number of amides is 2. The van der Waals surface area contributed by atoms with E-state index in [1.54, 1.807) is 0 Å². The number of ether oxygens (including phenoxy) is 1. The van der Waals surface area contributed by atoms with Crippen molar-refractivity contribution < 1.29 is 14.3 Å². The molecule has 0 spiro atoms. The third kappa shape index (κ3) is 4.23. The second kappa shape index (κ2) is 8.04. The van der Waals surface area contributed by atoms with Crippen LogP contribution < -0.4 is 15.0 Å². The lowest BCUT2D eigenvalue weighted by Crippen LogP contribution is -2.34. The summed E-state index contributed by atoms with van der Waals surface area (Å²) in [6.45, 7) is 4.57. The summed E-state index contributed by atoms with van der Waals surface area (Å²) in [7, 11) is 0. The first-order valence-electron chi connectivity index (χ1n) is 8.99. The van der Waals surface area contributed by atoms with Crippen LogP contribution in [0.5, 0.6) is 5.75 Å². The molecule has 1 N–H and O–H groups in total. The molecule has 1 aliphatic rings. The van der Waals surface area contributed by atoms with Gasteiger partial charge < -0.3 is 15.0 Å². The first kappa shape index (κ1) is 18.0. The van der Waals surface area contributed by atoms with E-state index in [1.165, 1.54) is 0 Å².